The molecule has 92 valence electrons. The third-order valence-corrected chi connectivity index (χ3v) is 2.15. The summed E-state index contributed by atoms with van der Waals surface area (Å²) in [5, 5.41) is 0.482. The van der Waals surface area contributed by atoms with Gasteiger partial charge in [0.15, 0.2) is 11.5 Å². The van der Waals surface area contributed by atoms with Crippen LogP contribution in [-0.4, -0.2) is 24.2 Å². The van der Waals surface area contributed by atoms with E-state index < -0.39 is 0 Å². The van der Waals surface area contributed by atoms with Gasteiger partial charge >= 0.3 is 0 Å². The molecule has 0 spiro atoms. The van der Waals surface area contributed by atoms with Crippen LogP contribution in [-0.2, 0) is 0 Å². The van der Waals surface area contributed by atoms with Gasteiger partial charge in [-0.05, 0) is 6.07 Å². The Hall–Kier alpha value is -2.04. The van der Waals surface area contributed by atoms with E-state index >= 15 is 0 Å². The highest BCUT2D eigenvalue weighted by atomic mass is 16.5. The van der Waals surface area contributed by atoms with Crippen molar-refractivity contribution in [2.45, 2.75) is 13.8 Å². The first kappa shape index (κ1) is 13.0. The van der Waals surface area contributed by atoms with Crippen LogP contribution in [0.1, 0.15) is 13.8 Å². The minimum absolute atomic E-state index is 0.194. The molecule has 0 fully saturated rings. The SMILES string of the molecule is CC.COc1cc2nc[nH]c(=O)c2cc1OC. The van der Waals surface area contributed by atoms with Crippen molar-refractivity contribution in [3.05, 3.63) is 28.8 Å². The number of hydrogen-bond acceptors (Lipinski definition) is 4. The number of aromatic amines is 1. The molecule has 1 N–H and O–H groups in total. The van der Waals surface area contributed by atoms with Crippen molar-refractivity contribution in [2.75, 3.05) is 14.2 Å². The normalized spacial score (nSPS) is 9.41. The summed E-state index contributed by atoms with van der Waals surface area (Å²) in [5.74, 6) is 1.08. The highest BCUT2D eigenvalue weighted by Crippen LogP contribution is 2.29. The fraction of sp³-hybridized carbons (Fsp3) is 0.333. The molecule has 17 heavy (non-hydrogen) atoms. The quantitative estimate of drug-likeness (QED) is 0.865. The number of nitrogens with zero attached hydrogens (tertiary/aromatic N) is 1. The van der Waals surface area contributed by atoms with Crippen LogP contribution in [0.25, 0.3) is 10.9 Å². The Morgan fingerprint density at radius 3 is 2.29 bits per heavy atom. The van der Waals surface area contributed by atoms with E-state index in [1.165, 1.54) is 20.5 Å². The lowest BCUT2D eigenvalue weighted by atomic mass is 10.2. The number of ether oxygens (including phenoxy) is 2. The van der Waals surface area contributed by atoms with Gasteiger partial charge in [-0.15, -0.1) is 0 Å². The highest BCUT2D eigenvalue weighted by Gasteiger charge is 2.08. The fourth-order valence-corrected chi connectivity index (χ4v) is 1.40. The van der Waals surface area contributed by atoms with Crippen LogP contribution >= 0.6 is 0 Å². The van der Waals surface area contributed by atoms with E-state index in [2.05, 4.69) is 9.97 Å². The van der Waals surface area contributed by atoms with E-state index in [0.717, 1.165) is 0 Å². The summed E-state index contributed by atoms with van der Waals surface area (Å²) in [7, 11) is 3.06. The maximum atomic E-state index is 11.5. The molecular formula is C12H16N2O3. The molecule has 0 radical (unpaired) electrons. The molecular weight excluding hydrogens is 220 g/mol. The van der Waals surface area contributed by atoms with Crippen LogP contribution in [0.4, 0.5) is 0 Å². The van der Waals surface area contributed by atoms with Gasteiger partial charge in [0, 0.05) is 6.07 Å². The second kappa shape index (κ2) is 5.89. The molecule has 0 saturated carbocycles. The van der Waals surface area contributed by atoms with E-state index in [0.29, 0.717) is 22.4 Å². The molecule has 0 atom stereocenters. The second-order valence-corrected chi connectivity index (χ2v) is 2.96. The summed E-state index contributed by atoms with van der Waals surface area (Å²) in [4.78, 5) is 18.0. The second-order valence-electron chi connectivity index (χ2n) is 2.96. The van der Waals surface area contributed by atoms with Gasteiger partial charge in [-0.25, -0.2) is 4.98 Å². The van der Waals surface area contributed by atoms with Crippen molar-refractivity contribution in [1.29, 1.82) is 0 Å². The predicted octanol–water partition coefficient (Wildman–Crippen LogP) is 1.97. The van der Waals surface area contributed by atoms with Gasteiger partial charge < -0.3 is 14.5 Å². The standard InChI is InChI=1S/C10H10N2O3.C2H6/c1-14-8-3-6-7(4-9(8)15-2)11-5-12-10(6)13;1-2/h3-5H,1-2H3,(H,11,12,13);1-2H3. The Morgan fingerprint density at radius 1 is 1.12 bits per heavy atom. The van der Waals surface area contributed by atoms with Crippen molar-refractivity contribution >= 4 is 10.9 Å². The maximum absolute atomic E-state index is 11.5. The average Bonchev–Trinajstić information content (AvgIpc) is 2.40. The molecule has 0 aliphatic carbocycles. The Balaban J connectivity index is 0.000000686. The van der Waals surface area contributed by atoms with Gasteiger partial charge in [-0.1, -0.05) is 13.8 Å². The van der Waals surface area contributed by atoms with Crippen molar-refractivity contribution in [2.24, 2.45) is 0 Å². The van der Waals surface area contributed by atoms with Gasteiger partial charge in [0.25, 0.3) is 5.56 Å². The zero-order valence-corrected chi connectivity index (χ0v) is 10.4. The molecule has 2 aromatic rings. The van der Waals surface area contributed by atoms with Crippen molar-refractivity contribution < 1.29 is 9.47 Å². The van der Waals surface area contributed by atoms with Crippen molar-refractivity contribution in [1.82, 2.24) is 9.97 Å². The largest absolute Gasteiger partial charge is 0.493 e. The molecule has 5 heteroatoms. The molecule has 1 heterocycles. The number of hydrogen-bond donors (Lipinski definition) is 1. The summed E-state index contributed by atoms with van der Waals surface area (Å²) in [5.41, 5.74) is 0.386. The topological polar surface area (TPSA) is 64.2 Å². The molecule has 1 aromatic carbocycles. The third-order valence-electron chi connectivity index (χ3n) is 2.15. The Morgan fingerprint density at radius 2 is 1.71 bits per heavy atom. The first-order valence-corrected chi connectivity index (χ1v) is 5.35. The van der Waals surface area contributed by atoms with Crippen LogP contribution in [0.15, 0.2) is 23.3 Å². The lowest BCUT2D eigenvalue weighted by molar-refractivity contribution is 0.355. The first-order chi connectivity index (χ1) is 8.26. The first-order valence-electron chi connectivity index (χ1n) is 5.35. The van der Waals surface area contributed by atoms with Crippen LogP contribution in [0.3, 0.4) is 0 Å². The molecule has 1 aromatic heterocycles. The molecule has 0 aliphatic rings. The number of fused-ring (bicyclic) bond motifs is 1. The lowest BCUT2D eigenvalue weighted by Gasteiger charge is -2.07. The molecule has 5 nitrogen and oxygen atoms in total. The minimum Gasteiger partial charge on any atom is -0.493 e. The molecule has 0 bridgehead atoms. The summed E-state index contributed by atoms with van der Waals surface area (Å²) < 4.78 is 10.2. The molecule has 2 rings (SSSR count). The van der Waals surface area contributed by atoms with Crippen molar-refractivity contribution in [3.8, 4) is 11.5 Å². The van der Waals surface area contributed by atoms with Crippen LogP contribution in [0, 0.1) is 0 Å². The van der Waals surface area contributed by atoms with Crippen LogP contribution < -0.4 is 15.0 Å². The zero-order chi connectivity index (χ0) is 12.8. The minimum atomic E-state index is -0.194. The predicted molar refractivity (Wildman–Crippen MR) is 66.8 cm³/mol. The van der Waals surface area contributed by atoms with E-state index in [1.807, 2.05) is 13.8 Å². The van der Waals surface area contributed by atoms with Crippen LogP contribution in [0.2, 0.25) is 0 Å². The molecule has 0 aliphatic heterocycles. The zero-order valence-electron chi connectivity index (χ0n) is 10.4. The summed E-state index contributed by atoms with van der Waals surface area (Å²) in [6.07, 6.45) is 1.36. The summed E-state index contributed by atoms with van der Waals surface area (Å²) >= 11 is 0. The smallest absolute Gasteiger partial charge is 0.258 e. The number of methoxy groups -OCH3 is 2. The molecule has 0 amide bonds. The van der Waals surface area contributed by atoms with E-state index in [-0.39, 0.29) is 5.56 Å². The fourth-order valence-electron chi connectivity index (χ4n) is 1.40. The lowest BCUT2D eigenvalue weighted by Crippen LogP contribution is -2.06. The Bertz CT molecular complexity index is 549. The van der Waals surface area contributed by atoms with Gasteiger partial charge in [0.1, 0.15) is 0 Å². The Labute approximate surface area is 99.4 Å². The number of aromatic nitrogens is 2. The van der Waals surface area contributed by atoms with Gasteiger partial charge in [0.05, 0.1) is 31.4 Å². The number of benzene rings is 1. The van der Waals surface area contributed by atoms with E-state index in [4.69, 9.17) is 9.47 Å². The van der Waals surface area contributed by atoms with Crippen LogP contribution in [0.5, 0.6) is 11.5 Å². The van der Waals surface area contributed by atoms with Gasteiger partial charge in [0.2, 0.25) is 0 Å². The van der Waals surface area contributed by atoms with Gasteiger partial charge in [-0.3, -0.25) is 4.79 Å². The number of rotatable bonds is 2. The molecule has 0 unspecified atom stereocenters. The summed E-state index contributed by atoms with van der Waals surface area (Å²) in [6, 6.07) is 3.28. The maximum Gasteiger partial charge on any atom is 0.258 e. The number of H-pyrrole nitrogens is 1. The number of nitrogens with one attached hydrogen (secondary N) is 1. The Kier molecular flexibility index (Phi) is 4.51. The molecule has 0 saturated heterocycles. The van der Waals surface area contributed by atoms with Crippen molar-refractivity contribution in [3.63, 3.8) is 0 Å². The third kappa shape index (κ3) is 2.55. The average molecular weight is 236 g/mol. The van der Waals surface area contributed by atoms with E-state index in [9.17, 15) is 4.79 Å². The highest BCUT2D eigenvalue weighted by molar-refractivity contribution is 5.81. The summed E-state index contributed by atoms with van der Waals surface area (Å²) in [6.45, 7) is 4.00. The van der Waals surface area contributed by atoms with Gasteiger partial charge in [-0.2, -0.15) is 0 Å². The monoisotopic (exact) mass is 236 g/mol. The van der Waals surface area contributed by atoms with E-state index in [1.54, 1.807) is 12.1 Å².